The second-order valence-corrected chi connectivity index (χ2v) is 6.13. The van der Waals surface area contributed by atoms with Crippen molar-refractivity contribution < 1.29 is 19.5 Å². The molecule has 0 atom stereocenters. The Bertz CT molecular complexity index is 604. The lowest BCUT2D eigenvalue weighted by molar-refractivity contribution is -0.152. The standard InChI is InChI=1S/C17H22N2O4/c18-15(21)12-7-3-4-8-13(12)19-14(20)11-17(16(22)23)9-5-1-2-6-10-17/h3-4,7-8H,1-2,5-6,9-11H2,(H2,18,21)(H,19,20)(H,22,23). The lowest BCUT2D eigenvalue weighted by Gasteiger charge is -2.27. The van der Waals surface area contributed by atoms with E-state index in [0.717, 1.165) is 25.7 Å². The van der Waals surface area contributed by atoms with Crippen molar-refractivity contribution in [3.63, 3.8) is 0 Å². The molecule has 0 heterocycles. The van der Waals surface area contributed by atoms with Gasteiger partial charge in [0.15, 0.2) is 0 Å². The van der Waals surface area contributed by atoms with Gasteiger partial charge in [0.1, 0.15) is 0 Å². The third kappa shape index (κ3) is 4.09. The van der Waals surface area contributed by atoms with E-state index in [4.69, 9.17) is 5.73 Å². The van der Waals surface area contributed by atoms with Gasteiger partial charge in [-0.1, -0.05) is 37.8 Å². The molecule has 0 bridgehead atoms. The van der Waals surface area contributed by atoms with Gasteiger partial charge >= 0.3 is 5.97 Å². The van der Waals surface area contributed by atoms with Gasteiger partial charge in [0.2, 0.25) is 5.91 Å². The van der Waals surface area contributed by atoms with Gasteiger partial charge < -0.3 is 16.2 Å². The molecule has 0 spiro atoms. The smallest absolute Gasteiger partial charge is 0.310 e. The third-order valence-corrected chi connectivity index (χ3v) is 4.48. The zero-order valence-corrected chi connectivity index (χ0v) is 13.0. The molecule has 2 amide bonds. The molecule has 1 aliphatic carbocycles. The first-order chi connectivity index (χ1) is 10.9. The predicted octanol–water partition coefficient (Wildman–Crippen LogP) is 2.54. The van der Waals surface area contributed by atoms with Crippen LogP contribution in [0, 0.1) is 5.41 Å². The van der Waals surface area contributed by atoms with Crippen LogP contribution in [0.2, 0.25) is 0 Å². The van der Waals surface area contributed by atoms with Crippen LogP contribution in [0.15, 0.2) is 24.3 Å². The van der Waals surface area contributed by atoms with Gasteiger partial charge in [-0.2, -0.15) is 0 Å². The number of primary amides is 1. The van der Waals surface area contributed by atoms with Crippen molar-refractivity contribution in [1.29, 1.82) is 0 Å². The van der Waals surface area contributed by atoms with E-state index < -0.39 is 23.2 Å². The Kier molecular flexibility index (Phi) is 5.36. The van der Waals surface area contributed by atoms with Crippen LogP contribution in [-0.4, -0.2) is 22.9 Å². The number of carboxylic acids is 1. The van der Waals surface area contributed by atoms with E-state index >= 15 is 0 Å². The third-order valence-electron chi connectivity index (χ3n) is 4.48. The van der Waals surface area contributed by atoms with Gasteiger partial charge in [0, 0.05) is 6.42 Å². The Morgan fingerprint density at radius 3 is 2.26 bits per heavy atom. The highest BCUT2D eigenvalue weighted by molar-refractivity contribution is 6.03. The van der Waals surface area contributed by atoms with Crippen LogP contribution in [-0.2, 0) is 9.59 Å². The number of para-hydroxylation sites is 1. The minimum Gasteiger partial charge on any atom is -0.481 e. The van der Waals surface area contributed by atoms with Crippen LogP contribution in [0.4, 0.5) is 5.69 Å². The Labute approximate surface area is 135 Å². The number of anilines is 1. The Hall–Kier alpha value is -2.37. The molecular formula is C17H22N2O4. The molecule has 0 aromatic heterocycles. The lowest BCUT2D eigenvalue weighted by Crippen LogP contribution is -2.35. The summed E-state index contributed by atoms with van der Waals surface area (Å²) in [6, 6.07) is 6.44. The normalized spacial score (nSPS) is 17.0. The van der Waals surface area contributed by atoms with Gasteiger partial charge in [-0.15, -0.1) is 0 Å². The van der Waals surface area contributed by atoms with Gasteiger partial charge in [0.25, 0.3) is 5.91 Å². The molecule has 6 nitrogen and oxygen atoms in total. The maximum Gasteiger partial charge on any atom is 0.310 e. The first-order valence-electron chi connectivity index (χ1n) is 7.87. The van der Waals surface area contributed by atoms with Crippen molar-refractivity contribution >= 4 is 23.5 Å². The summed E-state index contributed by atoms with van der Waals surface area (Å²) in [5.41, 5.74) is 4.81. The van der Waals surface area contributed by atoms with Crippen molar-refractivity contribution in [3.8, 4) is 0 Å². The molecule has 1 aromatic carbocycles. The average Bonchev–Trinajstić information content (AvgIpc) is 2.74. The molecule has 0 aliphatic heterocycles. The van der Waals surface area contributed by atoms with Crippen molar-refractivity contribution in [1.82, 2.24) is 0 Å². The van der Waals surface area contributed by atoms with Crippen LogP contribution in [0.3, 0.4) is 0 Å². The van der Waals surface area contributed by atoms with Crippen molar-refractivity contribution in [2.45, 2.75) is 44.9 Å². The molecular weight excluding hydrogens is 296 g/mol. The molecule has 1 fully saturated rings. The Morgan fingerprint density at radius 1 is 1.09 bits per heavy atom. The summed E-state index contributed by atoms with van der Waals surface area (Å²) in [6.07, 6.45) is 4.56. The Balaban J connectivity index is 2.14. The summed E-state index contributed by atoms with van der Waals surface area (Å²) in [4.78, 5) is 35.5. The number of aliphatic carboxylic acids is 1. The fourth-order valence-corrected chi connectivity index (χ4v) is 3.18. The van der Waals surface area contributed by atoms with Crippen molar-refractivity contribution in [2.24, 2.45) is 11.1 Å². The molecule has 0 unspecified atom stereocenters. The van der Waals surface area contributed by atoms with E-state index in [1.165, 1.54) is 6.07 Å². The number of carbonyl (C=O) groups excluding carboxylic acids is 2. The monoisotopic (exact) mass is 318 g/mol. The quantitative estimate of drug-likeness (QED) is 0.725. The van der Waals surface area contributed by atoms with Gasteiger partial charge in [-0.05, 0) is 25.0 Å². The predicted molar refractivity (Wildman–Crippen MR) is 86.0 cm³/mol. The molecule has 23 heavy (non-hydrogen) atoms. The minimum atomic E-state index is -1.01. The second kappa shape index (κ2) is 7.26. The number of rotatable bonds is 5. The highest BCUT2D eigenvalue weighted by atomic mass is 16.4. The van der Waals surface area contributed by atoms with Crippen LogP contribution in [0.5, 0.6) is 0 Å². The molecule has 6 heteroatoms. The summed E-state index contributed by atoms with van der Waals surface area (Å²) in [6.45, 7) is 0. The molecule has 0 radical (unpaired) electrons. The number of hydrogen-bond donors (Lipinski definition) is 3. The van der Waals surface area contributed by atoms with Crippen molar-refractivity contribution in [2.75, 3.05) is 5.32 Å². The fraction of sp³-hybridized carbons (Fsp3) is 0.471. The summed E-state index contributed by atoms with van der Waals surface area (Å²) in [7, 11) is 0. The highest BCUT2D eigenvalue weighted by Gasteiger charge is 2.40. The number of carbonyl (C=O) groups is 3. The topological polar surface area (TPSA) is 109 Å². The average molecular weight is 318 g/mol. The van der Waals surface area contributed by atoms with E-state index in [1.807, 2.05) is 0 Å². The molecule has 2 rings (SSSR count). The van der Waals surface area contributed by atoms with E-state index in [0.29, 0.717) is 18.5 Å². The number of nitrogens with one attached hydrogen (secondary N) is 1. The van der Waals surface area contributed by atoms with E-state index in [1.54, 1.807) is 18.2 Å². The zero-order valence-electron chi connectivity index (χ0n) is 13.0. The van der Waals surface area contributed by atoms with Crippen molar-refractivity contribution in [3.05, 3.63) is 29.8 Å². The maximum absolute atomic E-state index is 12.4. The fourth-order valence-electron chi connectivity index (χ4n) is 3.18. The van der Waals surface area contributed by atoms with E-state index in [-0.39, 0.29) is 12.0 Å². The maximum atomic E-state index is 12.4. The highest BCUT2D eigenvalue weighted by Crippen LogP contribution is 2.38. The molecule has 1 saturated carbocycles. The van der Waals surface area contributed by atoms with Gasteiger partial charge in [-0.3, -0.25) is 14.4 Å². The Morgan fingerprint density at radius 2 is 1.70 bits per heavy atom. The molecule has 0 saturated heterocycles. The first kappa shape index (κ1) is 17.0. The van der Waals surface area contributed by atoms with Crippen LogP contribution < -0.4 is 11.1 Å². The van der Waals surface area contributed by atoms with Crippen LogP contribution in [0.1, 0.15) is 55.3 Å². The minimum absolute atomic E-state index is 0.0879. The second-order valence-electron chi connectivity index (χ2n) is 6.13. The summed E-state index contributed by atoms with van der Waals surface area (Å²) in [5.74, 6) is -1.95. The summed E-state index contributed by atoms with van der Waals surface area (Å²) in [5, 5.41) is 12.3. The molecule has 4 N–H and O–H groups in total. The van der Waals surface area contributed by atoms with Crippen LogP contribution in [0.25, 0.3) is 0 Å². The largest absolute Gasteiger partial charge is 0.481 e. The molecule has 1 aromatic rings. The summed E-state index contributed by atoms with van der Waals surface area (Å²) >= 11 is 0. The molecule has 1 aliphatic rings. The van der Waals surface area contributed by atoms with Crippen LogP contribution >= 0.6 is 0 Å². The van der Waals surface area contributed by atoms with E-state index in [9.17, 15) is 19.5 Å². The summed E-state index contributed by atoms with van der Waals surface area (Å²) < 4.78 is 0. The lowest BCUT2D eigenvalue weighted by atomic mass is 9.77. The first-order valence-corrected chi connectivity index (χ1v) is 7.87. The van der Waals surface area contributed by atoms with Gasteiger partial charge in [0.05, 0.1) is 16.7 Å². The van der Waals surface area contributed by atoms with Gasteiger partial charge in [-0.25, -0.2) is 0 Å². The number of nitrogens with two attached hydrogens (primary N) is 1. The molecule has 124 valence electrons. The SMILES string of the molecule is NC(=O)c1ccccc1NC(=O)CC1(C(=O)O)CCCCCC1. The number of hydrogen-bond acceptors (Lipinski definition) is 3. The number of carboxylic acid groups (broad SMARTS) is 1. The van der Waals surface area contributed by atoms with E-state index in [2.05, 4.69) is 5.32 Å². The number of amides is 2. The zero-order chi connectivity index (χ0) is 16.9. The number of benzene rings is 1.